The van der Waals surface area contributed by atoms with E-state index in [9.17, 15) is 14.7 Å². The van der Waals surface area contributed by atoms with Crippen molar-refractivity contribution in [3.8, 4) is 0 Å². The topological polar surface area (TPSA) is 88.1 Å². The maximum absolute atomic E-state index is 12.9. The van der Waals surface area contributed by atoms with Crippen molar-refractivity contribution in [1.82, 2.24) is 4.90 Å². The van der Waals surface area contributed by atoms with Crippen LogP contribution in [0.15, 0.2) is 48.5 Å². The SMILES string of the molecule is CCCCCN(CCO[C@H]1CCC[C@@H](OCc2cccc(C)c2C(=O)O)C1)C(=O)Nc1ccccc1. The summed E-state index contributed by atoms with van der Waals surface area (Å²) in [7, 11) is 0. The van der Waals surface area contributed by atoms with Crippen molar-refractivity contribution >= 4 is 17.7 Å². The number of carbonyl (C=O) groups excluding carboxylic acids is 1. The van der Waals surface area contributed by atoms with E-state index < -0.39 is 5.97 Å². The van der Waals surface area contributed by atoms with E-state index in [4.69, 9.17) is 9.47 Å². The number of ether oxygens (including phenoxy) is 2. The summed E-state index contributed by atoms with van der Waals surface area (Å²) >= 11 is 0. The second-order valence-corrected chi connectivity index (χ2v) is 9.50. The molecule has 0 aromatic heterocycles. The van der Waals surface area contributed by atoms with E-state index in [-0.39, 0.29) is 24.8 Å². The summed E-state index contributed by atoms with van der Waals surface area (Å²) < 4.78 is 12.3. The van der Waals surface area contributed by atoms with Crippen LogP contribution in [0, 0.1) is 6.92 Å². The average Bonchev–Trinajstić information content (AvgIpc) is 2.87. The van der Waals surface area contributed by atoms with Crippen molar-refractivity contribution in [3.63, 3.8) is 0 Å². The molecule has 0 spiro atoms. The number of aromatic carboxylic acids is 1. The summed E-state index contributed by atoms with van der Waals surface area (Å²) in [4.78, 5) is 26.3. The summed E-state index contributed by atoms with van der Waals surface area (Å²) in [5, 5.41) is 12.5. The Balaban J connectivity index is 1.47. The van der Waals surface area contributed by atoms with Gasteiger partial charge in [-0.3, -0.25) is 0 Å². The third-order valence-corrected chi connectivity index (χ3v) is 6.68. The Hall–Kier alpha value is -2.90. The van der Waals surface area contributed by atoms with Crippen molar-refractivity contribution in [3.05, 3.63) is 65.2 Å². The Morgan fingerprint density at radius 2 is 1.75 bits per heavy atom. The van der Waals surface area contributed by atoms with Gasteiger partial charge in [0.05, 0.1) is 31.0 Å². The van der Waals surface area contributed by atoms with Gasteiger partial charge in [-0.25, -0.2) is 9.59 Å². The molecule has 0 bridgehead atoms. The molecule has 1 fully saturated rings. The highest BCUT2D eigenvalue weighted by atomic mass is 16.5. The lowest BCUT2D eigenvalue weighted by molar-refractivity contribution is -0.0523. The van der Waals surface area contributed by atoms with E-state index in [1.807, 2.05) is 60.4 Å². The summed E-state index contributed by atoms with van der Waals surface area (Å²) in [5.74, 6) is -0.920. The molecule has 1 aliphatic carbocycles. The zero-order valence-electron chi connectivity index (χ0n) is 21.6. The number of nitrogens with zero attached hydrogens (tertiary/aromatic N) is 1. The van der Waals surface area contributed by atoms with Crippen molar-refractivity contribution < 1.29 is 24.2 Å². The lowest BCUT2D eigenvalue weighted by atomic mass is 9.94. The van der Waals surface area contributed by atoms with Crippen molar-refractivity contribution in [2.45, 2.75) is 77.6 Å². The Kier molecular flexibility index (Phi) is 11.2. The maximum atomic E-state index is 12.9. The zero-order chi connectivity index (χ0) is 25.8. The molecule has 3 rings (SSSR count). The minimum absolute atomic E-state index is 0.0351. The Morgan fingerprint density at radius 3 is 2.47 bits per heavy atom. The molecule has 2 aromatic rings. The second-order valence-electron chi connectivity index (χ2n) is 9.50. The number of hydrogen-bond acceptors (Lipinski definition) is 4. The first-order chi connectivity index (χ1) is 17.5. The maximum Gasteiger partial charge on any atom is 0.336 e. The lowest BCUT2D eigenvalue weighted by Crippen LogP contribution is -2.39. The monoisotopic (exact) mass is 496 g/mol. The molecule has 2 atom stereocenters. The molecule has 36 heavy (non-hydrogen) atoms. The number of amides is 2. The Labute approximate surface area is 214 Å². The molecule has 1 saturated carbocycles. The molecule has 7 nitrogen and oxygen atoms in total. The summed E-state index contributed by atoms with van der Waals surface area (Å²) in [6, 6.07) is 14.9. The predicted molar refractivity (Wildman–Crippen MR) is 141 cm³/mol. The quantitative estimate of drug-likeness (QED) is 0.320. The number of carbonyl (C=O) groups is 2. The fraction of sp³-hybridized carbons (Fsp3) is 0.517. The number of aryl methyl sites for hydroxylation is 1. The fourth-order valence-corrected chi connectivity index (χ4v) is 4.69. The minimum Gasteiger partial charge on any atom is -0.478 e. The first kappa shape index (κ1) is 27.7. The number of para-hydroxylation sites is 1. The van der Waals surface area contributed by atoms with Crippen LogP contribution in [-0.2, 0) is 16.1 Å². The molecule has 2 amide bonds. The molecule has 0 heterocycles. The van der Waals surface area contributed by atoms with Crippen LogP contribution in [0.2, 0.25) is 0 Å². The van der Waals surface area contributed by atoms with Crippen LogP contribution in [0.1, 0.15) is 73.4 Å². The first-order valence-corrected chi connectivity index (χ1v) is 13.1. The largest absolute Gasteiger partial charge is 0.478 e. The van der Waals surface area contributed by atoms with Crippen LogP contribution < -0.4 is 5.32 Å². The molecule has 0 aliphatic heterocycles. The number of urea groups is 1. The molecule has 7 heteroatoms. The van der Waals surface area contributed by atoms with Gasteiger partial charge in [0.25, 0.3) is 0 Å². The second kappa shape index (κ2) is 14.6. The standard InChI is InChI=1S/C29H40N2O5/c1-3-4-8-17-31(29(34)30-24-13-6-5-7-14-24)18-19-35-25-15-10-16-26(20-25)36-21-23-12-9-11-22(2)27(23)28(32)33/h5-7,9,11-14,25-26H,3-4,8,10,15-21H2,1-2H3,(H,30,34)(H,32,33)/t25-,26+/m0/s1. The number of unbranched alkanes of at least 4 members (excludes halogenated alkanes) is 2. The van der Waals surface area contributed by atoms with Gasteiger partial charge in [0.1, 0.15) is 0 Å². The van der Waals surface area contributed by atoms with Crippen molar-refractivity contribution in [1.29, 1.82) is 0 Å². The normalized spacial score (nSPS) is 17.5. The molecule has 0 unspecified atom stereocenters. The van der Waals surface area contributed by atoms with Gasteiger partial charge in [-0.15, -0.1) is 0 Å². The molecule has 196 valence electrons. The first-order valence-electron chi connectivity index (χ1n) is 13.1. The van der Waals surface area contributed by atoms with Gasteiger partial charge in [0.2, 0.25) is 0 Å². The predicted octanol–water partition coefficient (Wildman–Crippen LogP) is 6.26. The van der Waals surface area contributed by atoms with E-state index in [2.05, 4.69) is 12.2 Å². The highest BCUT2D eigenvalue weighted by molar-refractivity contribution is 5.91. The van der Waals surface area contributed by atoms with Gasteiger partial charge >= 0.3 is 12.0 Å². The minimum atomic E-state index is -0.920. The number of carboxylic acid groups (broad SMARTS) is 1. The molecular formula is C29H40N2O5. The molecule has 2 N–H and O–H groups in total. The number of hydrogen-bond donors (Lipinski definition) is 2. The molecule has 0 saturated heterocycles. The summed E-state index contributed by atoms with van der Waals surface area (Å²) in [5.41, 5.74) is 2.57. The van der Waals surface area contributed by atoms with E-state index in [0.29, 0.717) is 30.8 Å². The Bertz CT molecular complexity index is 965. The smallest absolute Gasteiger partial charge is 0.336 e. The third-order valence-electron chi connectivity index (χ3n) is 6.68. The molecule has 1 aliphatic rings. The van der Waals surface area contributed by atoms with Crippen molar-refractivity contribution in [2.75, 3.05) is 25.0 Å². The molecular weight excluding hydrogens is 456 g/mol. The van der Waals surface area contributed by atoms with Crippen LogP contribution in [0.5, 0.6) is 0 Å². The van der Waals surface area contributed by atoms with E-state index >= 15 is 0 Å². The number of carboxylic acids is 1. The highest BCUT2D eigenvalue weighted by Crippen LogP contribution is 2.25. The van der Waals surface area contributed by atoms with Crippen LogP contribution in [0.25, 0.3) is 0 Å². The molecule has 0 radical (unpaired) electrons. The van der Waals surface area contributed by atoms with E-state index in [1.54, 1.807) is 0 Å². The number of benzene rings is 2. The van der Waals surface area contributed by atoms with Gasteiger partial charge < -0.3 is 24.8 Å². The van der Waals surface area contributed by atoms with Crippen LogP contribution in [0.3, 0.4) is 0 Å². The van der Waals surface area contributed by atoms with Crippen molar-refractivity contribution in [2.24, 2.45) is 0 Å². The van der Waals surface area contributed by atoms with Gasteiger partial charge in [0.15, 0.2) is 0 Å². The van der Waals surface area contributed by atoms with Crippen LogP contribution in [0.4, 0.5) is 10.5 Å². The summed E-state index contributed by atoms with van der Waals surface area (Å²) in [6.07, 6.45) is 6.96. The van der Waals surface area contributed by atoms with Crippen LogP contribution >= 0.6 is 0 Å². The fourth-order valence-electron chi connectivity index (χ4n) is 4.69. The number of nitrogens with one attached hydrogen (secondary N) is 1. The zero-order valence-corrected chi connectivity index (χ0v) is 21.6. The average molecular weight is 497 g/mol. The highest BCUT2D eigenvalue weighted by Gasteiger charge is 2.24. The third kappa shape index (κ3) is 8.64. The summed E-state index contributed by atoms with van der Waals surface area (Å²) in [6.45, 7) is 5.96. The van der Waals surface area contributed by atoms with Gasteiger partial charge in [-0.2, -0.15) is 0 Å². The lowest BCUT2D eigenvalue weighted by Gasteiger charge is -2.30. The van der Waals surface area contributed by atoms with Gasteiger partial charge in [0, 0.05) is 18.8 Å². The van der Waals surface area contributed by atoms with Crippen LogP contribution in [-0.4, -0.2) is 53.9 Å². The van der Waals surface area contributed by atoms with Gasteiger partial charge in [-0.05, 0) is 62.3 Å². The number of rotatable bonds is 13. The van der Waals surface area contributed by atoms with Gasteiger partial charge in [-0.1, -0.05) is 56.2 Å². The van der Waals surface area contributed by atoms with E-state index in [0.717, 1.165) is 56.2 Å². The Morgan fingerprint density at radius 1 is 1.00 bits per heavy atom. The number of anilines is 1. The van der Waals surface area contributed by atoms with E-state index in [1.165, 1.54) is 0 Å². The molecule has 2 aromatic carbocycles.